The van der Waals surface area contributed by atoms with Gasteiger partial charge in [-0.05, 0) is 26.0 Å². The molecule has 2 aromatic rings. The van der Waals surface area contributed by atoms with Crippen LogP contribution in [0.4, 0.5) is 0 Å². The van der Waals surface area contributed by atoms with Gasteiger partial charge in [0.1, 0.15) is 0 Å². The molecule has 112 valence electrons. The zero-order valence-electron chi connectivity index (χ0n) is 12.3. The SMILES string of the molecule is C[C@@H]1Cc2c(C(=O)NCCc3ccc[nH]3)n[nH]c2[C@H](C)O1. The van der Waals surface area contributed by atoms with Crippen molar-refractivity contribution in [2.75, 3.05) is 6.54 Å². The van der Waals surface area contributed by atoms with Crippen molar-refractivity contribution >= 4 is 5.91 Å². The number of carbonyl (C=O) groups excluding carboxylic acids is 1. The summed E-state index contributed by atoms with van der Waals surface area (Å²) in [5, 5.41) is 10.0. The summed E-state index contributed by atoms with van der Waals surface area (Å²) in [5.41, 5.74) is 3.51. The molecule has 3 heterocycles. The van der Waals surface area contributed by atoms with Crippen molar-refractivity contribution in [3.63, 3.8) is 0 Å². The maximum absolute atomic E-state index is 12.3. The first-order chi connectivity index (χ1) is 10.1. The van der Waals surface area contributed by atoms with Crippen LogP contribution in [0.3, 0.4) is 0 Å². The van der Waals surface area contributed by atoms with Gasteiger partial charge < -0.3 is 15.0 Å². The molecule has 21 heavy (non-hydrogen) atoms. The summed E-state index contributed by atoms with van der Waals surface area (Å²) in [6.45, 7) is 4.57. The van der Waals surface area contributed by atoms with Crippen LogP contribution in [0.1, 0.15) is 47.4 Å². The highest BCUT2D eigenvalue weighted by Gasteiger charge is 2.29. The molecular weight excluding hydrogens is 268 g/mol. The fraction of sp³-hybridized carbons (Fsp3) is 0.467. The van der Waals surface area contributed by atoms with E-state index in [4.69, 9.17) is 4.74 Å². The molecule has 6 heteroatoms. The van der Waals surface area contributed by atoms with Crippen molar-refractivity contribution in [1.82, 2.24) is 20.5 Å². The van der Waals surface area contributed by atoms with E-state index < -0.39 is 0 Å². The fourth-order valence-corrected chi connectivity index (χ4v) is 2.78. The van der Waals surface area contributed by atoms with E-state index in [0.717, 1.165) is 29.8 Å². The minimum atomic E-state index is -0.125. The van der Waals surface area contributed by atoms with Gasteiger partial charge in [0.15, 0.2) is 5.69 Å². The Labute approximate surface area is 123 Å². The monoisotopic (exact) mass is 288 g/mol. The molecule has 3 rings (SSSR count). The Balaban J connectivity index is 1.65. The van der Waals surface area contributed by atoms with Gasteiger partial charge in [-0.25, -0.2) is 0 Å². The fourth-order valence-electron chi connectivity index (χ4n) is 2.78. The Morgan fingerprint density at radius 3 is 3.14 bits per heavy atom. The molecule has 2 atom stereocenters. The largest absolute Gasteiger partial charge is 0.369 e. The first-order valence-corrected chi connectivity index (χ1v) is 7.28. The number of nitrogens with one attached hydrogen (secondary N) is 3. The summed E-state index contributed by atoms with van der Waals surface area (Å²) < 4.78 is 5.73. The highest BCUT2D eigenvalue weighted by Crippen LogP contribution is 2.29. The lowest BCUT2D eigenvalue weighted by Crippen LogP contribution is -2.29. The highest BCUT2D eigenvalue weighted by molar-refractivity contribution is 5.94. The maximum atomic E-state index is 12.3. The summed E-state index contributed by atoms with van der Waals surface area (Å²) >= 11 is 0. The van der Waals surface area contributed by atoms with Gasteiger partial charge in [-0.1, -0.05) is 0 Å². The third-order valence-electron chi connectivity index (χ3n) is 3.79. The first-order valence-electron chi connectivity index (χ1n) is 7.28. The average Bonchev–Trinajstić information content (AvgIpc) is 3.07. The molecule has 0 radical (unpaired) electrons. The number of nitrogens with zero attached hydrogens (tertiary/aromatic N) is 1. The Morgan fingerprint density at radius 1 is 1.52 bits per heavy atom. The lowest BCUT2D eigenvalue weighted by Gasteiger charge is -2.25. The van der Waals surface area contributed by atoms with Gasteiger partial charge in [0.25, 0.3) is 5.91 Å². The minimum Gasteiger partial charge on any atom is -0.369 e. The van der Waals surface area contributed by atoms with Crippen LogP contribution in [-0.2, 0) is 17.6 Å². The van der Waals surface area contributed by atoms with Crippen LogP contribution >= 0.6 is 0 Å². The van der Waals surface area contributed by atoms with Gasteiger partial charge in [-0.2, -0.15) is 5.10 Å². The second kappa shape index (κ2) is 5.73. The van der Waals surface area contributed by atoms with Crippen molar-refractivity contribution in [3.8, 4) is 0 Å². The molecular formula is C15H20N4O2. The molecule has 1 aliphatic rings. The van der Waals surface area contributed by atoms with Crippen molar-refractivity contribution < 1.29 is 9.53 Å². The molecule has 0 saturated carbocycles. The smallest absolute Gasteiger partial charge is 0.272 e. The van der Waals surface area contributed by atoms with E-state index in [9.17, 15) is 4.79 Å². The van der Waals surface area contributed by atoms with Gasteiger partial charge in [0, 0.05) is 36.8 Å². The van der Waals surface area contributed by atoms with E-state index in [1.165, 1.54) is 0 Å². The molecule has 6 nitrogen and oxygen atoms in total. The topological polar surface area (TPSA) is 82.8 Å². The number of fused-ring (bicyclic) bond motifs is 1. The van der Waals surface area contributed by atoms with E-state index in [2.05, 4.69) is 20.5 Å². The summed E-state index contributed by atoms with van der Waals surface area (Å²) in [5.74, 6) is -0.125. The van der Waals surface area contributed by atoms with E-state index in [1.54, 1.807) is 0 Å². The first kappa shape index (κ1) is 13.9. The molecule has 2 aromatic heterocycles. The van der Waals surface area contributed by atoms with Crippen LogP contribution in [0.5, 0.6) is 0 Å². The van der Waals surface area contributed by atoms with Crippen LogP contribution in [0.25, 0.3) is 0 Å². The number of aromatic nitrogens is 3. The van der Waals surface area contributed by atoms with Crippen LogP contribution < -0.4 is 5.32 Å². The molecule has 0 aliphatic carbocycles. The lowest BCUT2D eigenvalue weighted by atomic mass is 9.99. The van der Waals surface area contributed by atoms with Crippen LogP contribution in [-0.4, -0.2) is 33.7 Å². The van der Waals surface area contributed by atoms with Crippen LogP contribution in [0, 0.1) is 0 Å². The molecule has 0 unspecified atom stereocenters. The molecule has 0 spiro atoms. The molecule has 3 N–H and O–H groups in total. The Morgan fingerprint density at radius 2 is 2.38 bits per heavy atom. The molecule has 0 aromatic carbocycles. The summed E-state index contributed by atoms with van der Waals surface area (Å²) in [4.78, 5) is 15.4. The Kier molecular flexibility index (Phi) is 3.79. The Hall–Kier alpha value is -2.08. The molecule has 1 aliphatic heterocycles. The predicted octanol–water partition coefficient (Wildman–Crippen LogP) is 1.73. The minimum absolute atomic E-state index is 0.0447. The van der Waals surface area contributed by atoms with E-state index >= 15 is 0 Å². The quantitative estimate of drug-likeness (QED) is 0.801. The van der Waals surface area contributed by atoms with Crippen LogP contribution in [0.2, 0.25) is 0 Å². The summed E-state index contributed by atoms with van der Waals surface area (Å²) in [6.07, 6.45) is 3.44. The lowest BCUT2D eigenvalue weighted by molar-refractivity contribution is -0.00697. The van der Waals surface area contributed by atoms with Crippen LogP contribution in [0.15, 0.2) is 18.3 Å². The third kappa shape index (κ3) is 2.85. The van der Waals surface area contributed by atoms with E-state index in [0.29, 0.717) is 12.2 Å². The van der Waals surface area contributed by atoms with E-state index in [1.807, 2.05) is 32.2 Å². The highest BCUT2D eigenvalue weighted by atomic mass is 16.5. The second-order valence-electron chi connectivity index (χ2n) is 5.46. The van der Waals surface area contributed by atoms with Crippen molar-refractivity contribution in [2.45, 2.75) is 38.9 Å². The summed E-state index contributed by atoms with van der Waals surface area (Å²) in [6, 6.07) is 3.95. The number of rotatable bonds is 4. The molecule has 0 fully saturated rings. The number of H-pyrrole nitrogens is 2. The van der Waals surface area contributed by atoms with Crippen molar-refractivity contribution in [3.05, 3.63) is 41.0 Å². The number of carbonyl (C=O) groups is 1. The normalized spacial score (nSPS) is 21.0. The van der Waals surface area contributed by atoms with Gasteiger partial charge in [0.2, 0.25) is 0 Å². The number of ether oxygens (including phenoxy) is 1. The number of hydrogen-bond donors (Lipinski definition) is 3. The van der Waals surface area contributed by atoms with Gasteiger partial charge in [0.05, 0.1) is 17.9 Å². The molecule has 0 saturated heterocycles. The second-order valence-corrected chi connectivity index (χ2v) is 5.46. The summed E-state index contributed by atoms with van der Waals surface area (Å²) in [7, 11) is 0. The van der Waals surface area contributed by atoms with Gasteiger partial charge in [-0.3, -0.25) is 9.89 Å². The zero-order chi connectivity index (χ0) is 14.8. The third-order valence-corrected chi connectivity index (χ3v) is 3.79. The average molecular weight is 288 g/mol. The zero-order valence-corrected chi connectivity index (χ0v) is 12.3. The predicted molar refractivity (Wildman–Crippen MR) is 78.1 cm³/mol. The van der Waals surface area contributed by atoms with Crippen molar-refractivity contribution in [1.29, 1.82) is 0 Å². The number of hydrogen-bond acceptors (Lipinski definition) is 3. The van der Waals surface area contributed by atoms with Gasteiger partial charge >= 0.3 is 0 Å². The number of aromatic amines is 2. The molecule has 1 amide bonds. The Bertz CT molecular complexity index is 618. The van der Waals surface area contributed by atoms with E-state index in [-0.39, 0.29) is 18.1 Å². The van der Waals surface area contributed by atoms with Crippen molar-refractivity contribution in [2.24, 2.45) is 0 Å². The molecule has 0 bridgehead atoms. The maximum Gasteiger partial charge on any atom is 0.272 e. The van der Waals surface area contributed by atoms with Gasteiger partial charge in [-0.15, -0.1) is 0 Å². The number of amides is 1. The standard InChI is InChI=1S/C15H20N4O2/c1-9-8-12-13(10(2)21-9)18-19-14(12)15(20)17-7-5-11-4-3-6-16-11/h3-4,6,9-10,16H,5,7-8H2,1-2H3,(H,17,20)(H,18,19)/t9-,10+/m1/s1.